The third-order valence-corrected chi connectivity index (χ3v) is 6.25. The summed E-state index contributed by atoms with van der Waals surface area (Å²) in [5.41, 5.74) is 2.66. The number of ether oxygens (including phenoxy) is 1. The highest BCUT2D eigenvalue weighted by Crippen LogP contribution is 2.34. The summed E-state index contributed by atoms with van der Waals surface area (Å²) in [6.07, 6.45) is 0. The number of hydrogen-bond acceptors (Lipinski definition) is 6. The van der Waals surface area contributed by atoms with Crippen LogP contribution in [0.3, 0.4) is 0 Å². The molecule has 2 aromatic carbocycles. The van der Waals surface area contributed by atoms with E-state index in [0.29, 0.717) is 10.9 Å². The van der Waals surface area contributed by atoms with Gasteiger partial charge in [-0.05, 0) is 42.1 Å². The van der Waals surface area contributed by atoms with Crippen molar-refractivity contribution in [3.63, 3.8) is 0 Å². The highest BCUT2D eigenvalue weighted by molar-refractivity contribution is 7.99. The zero-order valence-electron chi connectivity index (χ0n) is 16.5. The van der Waals surface area contributed by atoms with E-state index in [0.717, 1.165) is 27.6 Å². The fraction of sp³-hybridized carbons (Fsp3) is 0.136. The van der Waals surface area contributed by atoms with Crippen molar-refractivity contribution < 1.29 is 9.53 Å². The molecule has 0 aliphatic carbocycles. The van der Waals surface area contributed by atoms with Crippen LogP contribution >= 0.6 is 23.1 Å². The number of rotatable bonds is 7. The molecule has 1 N–H and O–H groups in total. The molecule has 6 nitrogen and oxygen atoms in total. The van der Waals surface area contributed by atoms with Crippen LogP contribution in [0.4, 0.5) is 5.69 Å². The molecule has 30 heavy (non-hydrogen) atoms. The number of amides is 1. The topological polar surface area (TPSA) is 69.0 Å². The maximum atomic E-state index is 12.5. The van der Waals surface area contributed by atoms with Crippen molar-refractivity contribution in [3.8, 4) is 22.1 Å². The van der Waals surface area contributed by atoms with Gasteiger partial charge in [-0.25, -0.2) is 0 Å². The van der Waals surface area contributed by atoms with Crippen molar-refractivity contribution >= 4 is 34.7 Å². The van der Waals surface area contributed by atoms with E-state index in [9.17, 15) is 4.79 Å². The minimum absolute atomic E-state index is 0.0958. The molecule has 2 heterocycles. The second kappa shape index (κ2) is 9.15. The Labute approximate surface area is 182 Å². The van der Waals surface area contributed by atoms with Gasteiger partial charge in [0.15, 0.2) is 11.0 Å². The largest absolute Gasteiger partial charge is 0.495 e. The van der Waals surface area contributed by atoms with Crippen molar-refractivity contribution in [2.75, 3.05) is 18.2 Å². The molecule has 4 rings (SSSR count). The number of hydrogen-bond donors (Lipinski definition) is 1. The maximum Gasteiger partial charge on any atom is 0.234 e. The van der Waals surface area contributed by atoms with Crippen molar-refractivity contribution in [3.05, 3.63) is 71.6 Å². The number of benzene rings is 2. The minimum atomic E-state index is -0.0958. The van der Waals surface area contributed by atoms with Crippen molar-refractivity contribution in [2.45, 2.75) is 12.1 Å². The molecule has 0 aliphatic heterocycles. The summed E-state index contributed by atoms with van der Waals surface area (Å²) < 4.78 is 7.49. The molecule has 0 aliphatic rings. The van der Waals surface area contributed by atoms with Gasteiger partial charge in [0.2, 0.25) is 5.91 Å². The molecule has 4 aromatic rings. The van der Waals surface area contributed by atoms with Gasteiger partial charge in [-0.3, -0.25) is 9.36 Å². The number of aryl methyl sites for hydroxylation is 1. The first kappa shape index (κ1) is 20.2. The number of carbonyl (C=O) groups is 1. The Hall–Kier alpha value is -3.10. The fourth-order valence-corrected chi connectivity index (χ4v) is 4.43. The molecule has 8 heteroatoms. The van der Waals surface area contributed by atoms with Gasteiger partial charge in [0, 0.05) is 5.69 Å². The summed E-state index contributed by atoms with van der Waals surface area (Å²) in [7, 11) is 1.64. The first-order chi connectivity index (χ1) is 14.7. The lowest BCUT2D eigenvalue weighted by Gasteiger charge is -2.13. The summed E-state index contributed by atoms with van der Waals surface area (Å²) in [6.45, 7) is 1.97. The number of carbonyl (C=O) groups excluding carboxylic acids is 1. The Balaban J connectivity index is 1.62. The zero-order valence-corrected chi connectivity index (χ0v) is 18.2. The lowest BCUT2D eigenvalue weighted by Crippen LogP contribution is -2.15. The average Bonchev–Trinajstić information content (AvgIpc) is 3.43. The standard InChI is InChI=1S/C22H20N4O2S2/c1-15-8-3-4-9-16(15)23-20(27)14-30-22-25-24-21(19-12-7-13-29-19)26(22)17-10-5-6-11-18(17)28-2/h3-13H,14H2,1-2H3,(H,23,27). The van der Waals surface area contributed by atoms with Crippen LogP contribution in [0.5, 0.6) is 5.75 Å². The molecule has 0 unspecified atom stereocenters. The fourth-order valence-electron chi connectivity index (χ4n) is 2.99. The van der Waals surface area contributed by atoms with Crippen LogP contribution in [0, 0.1) is 6.92 Å². The van der Waals surface area contributed by atoms with Crippen LogP contribution in [0.15, 0.2) is 71.2 Å². The molecular weight excluding hydrogens is 416 g/mol. The second-order valence-corrected chi connectivity index (χ2v) is 8.33. The number of para-hydroxylation sites is 3. The third kappa shape index (κ3) is 4.24. The van der Waals surface area contributed by atoms with Crippen molar-refractivity contribution in [1.29, 1.82) is 0 Å². The summed E-state index contributed by atoms with van der Waals surface area (Å²) in [4.78, 5) is 13.5. The number of thiophene rings is 1. The van der Waals surface area contributed by atoms with Crippen LogP contribution in [0.2, 0.25) is 0 Å². The number of anilines is 1. The second-order valence-electron chi connectivity index (χ2n) is 6.44. The summed E-state index contributed by atoms with van der Waals surface area (Å²) in [5.74, 6) is 1.55. The highest BCUT2D eigenvalue weighted by Gasteiger charge is 2.20. The summed E-state index contributed by atoms with van der Waals surface area (Å²) in [6, 6.07) is 19.4. The van der Waals surface area contributed by atoms with E-state index >= 15 is 0 Å². The molecule has 1 amide bonds. The summed E-state index contributed by atoms with van der Waals surface area (Å²) in [5, 5.41) is 14.4. The van der Waals surface area contributed by atoms with Crippen LogP contribution < -0.4 is 10.1 Å². The molecular formula is C22H20N4O2S2. The van der Waals surface area contributed by atoms with Crippen LogP contribution in [0.1, 0.15) is 5.56 Å². The first-order valence-corrected chi connectivity index (χ1v) is 11.1. The summed E-state index contributed by atoms with van der Waals surface area (Å²) >= 11 is 2.93. The monoisotopic (exact) mass is 436 g/mol. The van der Waals surface area contributed by atoms with Gasteiger partial charge in [0.05, 0.1) is 23.4 Å². The first-order valence-electron chi connectivity index (χ1n) is 9.28. The van der Waals surface area contributed by atoms with Crippen LogP contribution in [0.25, 0.3) is 16.4 Å². The van der Waals surface area contributed by atoms with Gasteiger partial charge in [0.25, 0.3) is 0 Å². The number of methoxy groups -OCH3 is 1. The molecule has 0 atom stereocenters. The molecule has 152 valence electrons. The predicted octanol–water partition coefficient (Wildman–Crippen LogP) is 5.04. The smallest absolute Gasteiger partial charge is 0.234 e. The maximum absolute atomic E-state index is 12.5. The van der Waals surface area contributed by atoms with Gasteiger partial charge >= 0.3 is 0 Å². The third-order valence-electron chi connectivity index (χ3n) is 4.45. The van der Waals surface area contributed by atoms with E-state index in [1.807, 2.05) is 77.5 Å². The number of nitrogens with one attached hydrogen (secondary N) is 1. The van der Waals surface area contributed by atoms with Gasteiger partial charge in [-0.1, -0.05) is 48.2 Å². The van der Waals surface area contributed by atoms with Gasteiger partial charge in [-0.15, -0.1) is 21.5 Å². The van der Waals surface area contributed by atoms with Crippen molar-refractivity contribution in [2.24, 2.45) is 0 Å². The quantitative estimate of drug-likeness (QED) is 0.411. The van der Waals surface area contributed by atoms with Crippen LogP contribution in [-0.2, 0) is 4.79 Å². The number of nitrogens with zero attached hydrogens (tertiary/aromatic N) is 3. The zero-order chi connectivity index (χ0) is 20.9. The molecule has 0 bridgehead atoms. The van der Waals surface area contributed by atoms with Gasteiger partial charge < -0.3 is 10.1 Å². The van der Waals surface area contributed by atoms with E-state index in [-0.39, 0.29) is 11.7 Å². The van der Waals surface area contributed by atoms with E-state index in [1.54, 1.807) is 18.4 Å². The Morgan fingerprint density at radius 3 is 2.67 bits per heavy atom. The molecule has 0 saturated heterocycles. The Morgan fingerprint density at radius 1 is 1.10 bits per heavy atom. The van der Waals surface area contributed by atoms with E-state index < -0.39 is 0 Å². The van der Waals surface area contributed by atoms with Crippen molar-refractivity contribution in [1.82, 2.24) is 14.8 Å². The highest BCUT2D eigenvalue weighted by atomic mass is 32.2. The Morgan fingerprint density at radius 2 is 1.90 bits per heavy atom. The number of aromatic nitrogens is 3. The lowest BCUT2D eigenvalue weighted by molar-refractivity contribution is -0.113. The lowest BCUT2D eigenvalue weighted by atomic mass is 10.2. The Kier molecular flexibility index (Phi) is 6.15. The van der Waals surface area contributed by atoms with Crippen LogP contribution in [-0.4, -0.2) is 33.5 Å². The molecule has 0 spiro atoms. The van der Waals surface area contributed by atoms with E-state index in [2.05, 4.69) is 15.5 Å². The number of thioether (sulfide) groups is 1. The average molecular weight is 437 g/mol. The predicted molar refractivity (Wildman–Crippen MR) is 122 cm³/mol. The van der Waals surface area contributed by atoms with Gasteiger partial charge in [-0.2, -0.15) is 0 Å². The minimum Gasteiger partial charge on any atom is -0.495 e. The van der Waals surface area contributed by atoms with E-state index in [4.69, 9.17) is 4.74 Å². The SMILES string of the molecule is COc1ccccc1-n1c(SCC(=O)Nc2ccccc2C)nnc1-c1cccs1. The molecule has 0 fully saturated rings. The molecule has 0 radical (unpaired) electrons. The molecule has 2 aromatic heterocycles. The molecule has 0 saturated carbocycles. The Bertz CT molecular complexity index is 1160. The van der Waals surface area contributed by atoms with E-state index in [1.165, 1.54) is 11.8 Å². The normalized spacial score (nSPS) is 10.7. The van der Waals surface area contributed by atoms with Gasteiger partial charge in [0.1, 0.15) is 5.75 Å².